The minimum absolute atomic E-state index is 0.220. The van der Waals surface area contributed by atoms with Crippen LogP contribution >= 0.6 is 0 Å². The van der Waals surface area contributed by atoms with Gasteiger partial charge < -0.3 is 0 Å². The molecule has 10 heteroatoms. The summed E-state index contributed by atoms with van der Waals surface area (Å²) in [7, 11) is 0. The number of nitrogens with zero attached hydrogens (tertiary/aromatic N) is 2. The number of H-pyrrole nitrogens is 1. The van der Waals surface area contributed by atoms with Gasteiger partial charge in [-0.15, -0.1) is 0 Å². The summed E-state index contributed by atoms with van der Waals surface area (Å²) in [6.07, 6.45) is -2.72. The van der Waals surface area contributed by atoms with Gasteiger partial charge in [-0.3, -0.25) is 0 Å². The van der Waals surface area contributed by atoms with Crippen LogP contribution in [0, 0.1) is 0 Å². The second-order valence-electron chi connectivity index (χ2n) is 5.16. The molecule has 1 atom stereocenters. The van der Waals surface area contributed by atoms with E-state index in [1.54, 1.807) is 19.2 Å². The van der Waals surface area contributed by atoms with Crippen LogP contribution in [0.4, 0.5) is 13.2 Å². The van der Waals surface area contributed by atoms with Gasteiger partial charge in [0.05, 0.1) is 0 Å². The third-order valence-electron chi connectivity index (χ3n) is 3.62. The van der Waals surface area contributed by atoms with Crippen LogP contribution in [0.15, 0.2) is 12.3 Å². The summed E-state index contributed by atoms with van der Waals surface area (Å²) in [5.74, 6) is -0.457. The molecule has 24 heavy (non-hydrogen) atoms. The molecule has 6 nitrogen and oxygen atoms in total. The predicted molar refractivity (Wildman–Crippen MR) is 79.5 cm³/mol. The van der Waals surface area contributed by atoms with E-state index < -0.39 is 32.5 Å². The van der Waals surface area contributed by atoms with Gasteiger partial charge in [0, 0.05) is 0 Å². The van der Waals surface area contributed by atoms with Gasteiger partial charge in [-0.25, -0.2) is 0 Å². The van der Waals surface area contributed by atoms with Crippen LogP contribution < -0.4 is 4.48 Å². The molecule has 0 saturated carbocycles. The summed E-state index contributed by atoms with van der Waals surface area (Å²) in [5, 5.41) is 6.63. The van der Waals surface area contributed by atoms with Crippen molar-refractivity contribution in [3.63, 3.8) is 0 Å². The molecular formula is C14H13AsF3N3O3. The first kappa shape index (κ1) is 16.8. The molecular weight excluding hydrogens is 390 g/mol. The van der Waals surface area contributed by atoms with Crippen LogP contribution in [0.1, 0.15) is 22.8 Å². The van der Waals surface area contributed by atoms with Crippen LogP contribution in [0.5, 0.6) is 0 Å². The quantitative estimate of drug-likeness (QED) is 0.604. The molecule has 0 aliphatic carbocycles. The fourth-order valence-corrected chi connectivity index (χ4v) is 4.39. The summed E-state index contributed by atoms with van der Waals surface area (Å²) in [4.78, 5) is 23.0. The Balaban J connectivity index is 1.91. The summed E-state index contributed by atoms with van der Waals surface area (Å²) < 4.78 is 42.7. The zero-order chi connectivity index (χ0) is 17.5. The van der Waals surface area contributed by atoms with E-state index in [2.05, 4.69) is 10.2 Å². The monoisotopic (exact) mass is 403 g/mol. The molecule has 3 rings (SSSR count). The Labute approximate surface area is 141 Å². The van der Waals surface area contributed by atoms with Gasteiger partial charge in [0.25, 0.3) is 0 Å². The Hall–Kier alpha value is -2.02. The van der Waals surface area contributed by atoms with Crippen molar-refractivity contribution in [3.8, 4) is 11.4 Å². The van der Waals surface area contributed by atoms with E-state index in [1.807, 2.05) is 4.57 Å². The summed E-state index contributed by atoms with van der Waals surface area (Å²) in [6.45, 7) is 2.46. The minimum atomic E-state index is -4.82. The van der Waals surface area contributed by atoms with Crippen LogP contribution in [-0.2, 0) is 22.5 Å². The second kappa shape index (κ2) is 6.12. The normalized spacial score (nSPS) is 13.8. The maximum absolute atomic E-state index is 12.5. The van der Waals surface area contributed by atoms with Gasteiger partial charge in [-0.1, -0.05) is 0 Å². The standard InChI is InChI=1S/C14H13AsF3N3O3/c1-2-24-12(22)7-5-9-10-8(3-4-21(9)6-7)11(20-19-10)15-13(23)14(16,17)18/h5-6,15H,2-4H2,1H3,(H,19,20). The number of alkyl halides is 3. The zero-order valence-electron chi connectivity index (χ0n) is 12.5. The second-order valence-corrected chi connectivity index (χ2v) is 7.63. The third kappa shape index (κ3) is 3.00. The van der Waals surface area contributed by atoms with Crippen molar-refractivity contribution < 1.29 is 27.5 Å². The Bertz CT molecular complexity index is 810. The van der Waals surface area contributed by atoms with E-state index in [1.165, 1.54) is 0 Å². The molecule has 0 radical (unpaired) electrons. The Morgan fingerprint density at radius 2 is 2.21 bits per heavy atom. The Morgan fingerprint density at radius 1 is 1.46 bits per heavy atom. The molecule has 0 fully saturated rings. The molecule has 0 bridgehead atoms. The van der Waals surface area contributed by atoms with Gasteiger partial charge in [0.2, 0.25) is 0 Å². The first-order valence-electron chi connectivity index (χ1n) is 7.14. The fourth-order valence-electron chi connectivity index (χ4n) is 2.57. The van der Waals surface area contributed by atoms with Crippen molar-refractivity contribution in [1.82, 2.24) is 14.8 Å². The summed E-state index contributed by atoms with van der Waals surface area (Å²) in [6, 6.07) is 1.61. The molecule has 0 aromatic carbocycles. The van der Waals surface area contributed by atoms with Gasteiger partial charge in [-0.05, 0) is 0 Å². The van der Waals surface area contributed by atoms with Crippen LogP contribution in [0.3, 0.4) is 0 Å². The van der Waals surface area contributed by atoms with E-state index >= 15 is 0 Å². The number of rotatable bonds is 4. The number of nitrogens with one attached hydrogen (secondary N) is 1. The van der Waals surface area contributed by atoms with Crippen LogP contribution in [0.2, 0.25) is 0 Å². The third-order valence-corrected chi connectivity index (χ3v) is 6.06. The van der Waals surface area contributed by atoms with Crippen LogP contribution in [-0.4, -0.2) is 53.8 Å². The van der Waals surface area contributed by atoms with E-state index in [9.17, 15) is 22.8 Å². The van der Waals surface area contributed by atoms with Crippen molar-refractivity contribution in [1.29, 1.82) is 0 Å². The van der Waals surface area contributed by atoms with Crippen molar-refractivity contribution >= 4 is 30.8 Å². The zero-order valence-corrected chi connectivity index (χ0v) is 14.6. The molecule has 0 spiro atoms. The molecule has 2 aromatic rings. The van der Waals surface area contributed by atoms with E-state index in [4.69, 9.17) is 4.74 Å². The Kier molecular flexibility index (Phi) is 4.29. The number of aromatic amines is 1. The first-order valence-corrected chi connectivity index (χ1v) is 9.24. The van der Waals surface area contributed by atoms with Gasteiger partial charge in [0.1, 0.15) is 0 Å². The van der Waals surface area contributed by atoms with Gasteiger partial charge >= 0.3 is 140 Å². The van der Waals surface area contributed by atoms with Crippen molar-refractivity contribution in [2.24, 2.45) is 0 Å². The molecule has 0 saturated heterocycles. The van der Waals surface area contributed by atoms with Crippen LogP contribution in [0.25, 0.3) is 11.4 Å². The Morgan fingerprint density at radius 3 is 2.88 bits per heavy atom. The SMILES string of the molecule is CCOC(=O)c1cc2n(c1)CCc1c([AsH]C(=O)C(F)(F)F)n[nH]c1-2. The molecule has 3 heterocycles. The number of fused-ring (bicyclic) bond motifs is 3. The molecule has 1 aliphatic heterocycles. The molecule has 128 valence electrons. The van der Waals surface area contributed by atoms with Crippen molar-refractivity contribution in [2.75, 3.05) is 6.61 Å². The van der Waals surface area contributed by atoms with Gasteiger partial charge in [-0.2, -0.15) is 0 Å². The average molecular weight is 403 g/mol. The summed E-state index contributed by atoms with van der Waals surface area (Å²) in [5.41, 5.74) is 2.22. The van der Waals surface area contributed by atoms with Crippen molar-refractivity contribution in [2.45, 2.75) is 26.1 Å². The number of aryl methyl sites for hydroxylation is 1. The fraction of sp³-hybridized carbons (Fsp3) is 0.357. The van der Waals surface area contributed by atoms with E-state index in [0.717, 1.165) is 0 Å². The number of carbonyl (C=O) groups is 2. The molecule has 0 amide bonds. The molecule has 2 aromatic heterocycles. The number of ether oxygens (including phenoxy) is 1. The maximum atomic E-state index is 12.5. The van der Waals surface area contributed by atoms with Crippen molar-refractivity contribution in [3.05, 3.63) is 23.4 Å². The van der Waals surface area contributed by atoms with E-state index in [-0.39, 0.29) is 11.1 Å². The number of carbonyl (C=O) groups excluding carboxylic acids is 2. The topological polar surface area (TPSA) is 77.0 Å². The number of aromatic nitrogens is 3. The molecule has 1 N–H and O–H groups in total. The summed E-state index contributed by atoms with van der Waals surface area (Å²) >= 11 is -2.07. The number of esters is 1. The van der Waals surface area contributed by atoms with Gasteiger partial charge in [0.15, 0.2) is 0 Å². The predicted octanol–water partition coefficient (Wildman–Crippen LogP) is 0.762. The number of hydrogen-bond acceptors (Lipinski definition) is 4. The average Bonchev–Trinajstić information content (AvgIpc) is 3.10. The first-order chi connectivity index (χ1) is 11.3. The number of hydrogen-bond donors (Lipinski definition) is 1. The number of halogens is 3. The molecule has 1 aliphatic rings. The molecule has 1 unspecified atom stereocenters. The van der Waals surface area contributed by atoms with E-state index in [0.29, 0.717) is 35.5 Å².